The molecule has 1 saturated heterocycles. The fraction of sp³-hybridized carbons (Fsp3) is 0.562. The molecule has 3 rings (SSSR count). The number of likely N-dealkylation sites (tertiary alicyclic amines) is 1. The van der Waals surface area contributed by atoms with Crippen molar-refractivity contribution in [3.05, 3.63) is 47.4 Å². The Kier molecular flexibility index (Phi) is 11.3. The van der Waals surface area contributed by atoms with E-state index in [0.717, 1.165) is 60.2 Å². The van der Waals surface area contributed by atoms with Crippen molar-refractivity contribution in [2.24, 2.45) is 11.8 Å². The lowest BCUT2D eigenvalue weighted by molar-refractivity contribution is -0.151. The van der Waals surface area contributed by atoms with Crippen LogP contribution in [0.4, 0.5) is 0 Å². The van der Waals surface area contributed by atoms with Crippen LogP contribution < -0.4 is 5.32 Å². The van der Waals surface area contributed by atoms with Gasteiger partial charge >= 0.3 is 5.97 Å². The zero-order valence-corrected chi connectivity index (χ0v) is 25.9. The van der Waals surface area contributed by atoms with Gasteiger partial charge in [0.25, 0.3) is 0 Å². The average molecular weight is 566 g/mol. The number of carbonyl (C=O) groups is 3. The molecule has 1 amide bonds. The zero-order valence-electron chi connectivity index (χ0n) is 25.9. The van der Waals surface area contributed by atoms with E-state index in [-0.39, 0.29) is 23.9 Å². The number of nitrogens with one attached hydrogen (secondary N) is 1. The molecule has 0 aliphatic carbocycles. The summed E-state index contributed by atoms with van der Waals surface area (Å²) >= 11 is 0. The van der Waals surface area contributed by atoms with Gasteiger partial charge in [0, 0.05) is 59.0 Å². The highest BCUT2D eigenvalue weighted by atomic mass is 16.5. The largest absolute Gasteiger partial charge is 0.462 e. The fourth-order valence-electron chi connectivity index (χ4n) is 5.29. The standard InChI is InChI=1S/C32H47N5O4/c1-21(2)30(32(40)41-22(3)4)33-16-25-11-12-29-28(15-25)34-31(27(19-35(7)8)14-23(5)20-38)37(29)18-26-10-9-13-36(17-26)24(6)39/h11-12,14-15,19-22,26,30,33H,9-10,13,16-18H2,1-8H3/b23-14-,27-19+/t26-,30+/m1/s1. The number of imidazole rings is 1. The van der Waals surface area contributed by atoms with Crippen LogP contribution in [0.25, 0.3) is 16.6 Å². The van der Waals surface area contributed by atoms with E-state index in [1.807, 2.05) is 63.9 Å². The average Bonchev–Trinajstić information content (AvgIpc) is 3.24. The summed E-state index contributed by atoms with van der Waals surface area (Å²) in [6, 6.07) is 5.78. The number of carbonyl (C=O) groups excluding carboxylic acids is 3. The third-order valence-corrected chi connectivity index (χ3v) is 7.24. The zero-order chi connectivity index (χ0) is 30.3. The van der Waals surface area contributed by atoms with Crippen LogP contribution in [0.2, 0.25) is 0 Å². The third-order valence-electron chi connectivity index (χ3n) is 7.24. The number of ether oxygens (including phenoxy) is 1. The summed E-state index contributed by atoms with van der Waals surface area (Å²) in [4.78, 5) is 45.3. The summed E-state index contributed by atoms with van der Waals surface area (Å²) in [7, 11) is 3.89. The summed E-state index contributed by atoms with van der Waals surface area (Å²) < 4.78 is 7.69. The van der Waals surface area contributed by atoms with Gasteiger partial charge in [-0.15, -0.1) is 0 Å². The minimum Gasteiger partial charge on any atom is -0.462 e. The van der Waals surface area contributed by atoms with Gasteiger partial charge < -0.3 is 24.4 Å². The van der Waals surface area contributed by atoms with E-state index in [2.05, 4.69) is 28.1 Å². The number of aromatic nitrogens is 2. The molecular formula is C32H47N5O4. The van der Waals surface area contributed by atoms with Crippen LogP contribution in [0.5, 0.6) is 0 Å². The lowest BCUT2D eigenvalue weighted by Gasteiger charge is -2.32. The van der Waals surface area contributed by atoms with Crippen molar-refractivity contribution in [2.45, 2.75) is 79.6 Å². The molecule has 0 bridgehead atoms. The van der Waals surface area contributed by atoms with E-state index in [4.69, 9.17) is 9.72 Å². The number of aldehydes is 1. The van der Waals surface area contributed by atoms with Crippen LogP contribution >= 0.6 is 0 Å². The summed E-state index contributed by atoms with van der Waals surface area (Å²) in [6.45, 7) is 13.9. The number of allylic oxidation sites excluding steroid dienone is 3. The van der Waals surface area contributed by atoms with Crippen LogP contribution in [0, 0.1) is 11.8 Å². The van der Waals surface area contributed by atoms with Crippen molar-refractivity contribution in [1.82, 2.24) is 24.7 Å². The second kappa shape index (κ2) is 14.4. The number of hydrogen-bond donors (Lipinski definition) is 1. The Bertz CT molecular complexity index is 1290. The fourth-order valence-corrected chi connectivity index (χ4v) is 5.29. The predicted molar refractivity (Wildman–Crippen MR) is 163 cm³/mol. The van der Waals surface area contributed by atoms with Gasteiger partial charge in [0.05, 0.1) is 17.1 Å². The molecule has 1 N–H and O–H groups in total. The topological polar surface area (TPSA) is 96.8 Å². The van der Waals surface area contributed by atoms with E-state index in [1.165, 1.54) is 0 Å². The summed E-state index contributed by atoms with van der Waals surface area (Å²) in [5.74, 6) is 1.01. The smallest absolute Gasteiger partial charge is 0.323 e. The van der Waals surface area contributed by atoms with Crippen molar-refractivity contribution in [3.63, 3.8) is 0 Å². The monoisotopic (exact) mass is 565 g/mol. The van der Waals surface area contributed by atoms with Crippen molar-refractivity contribution in [1.29, 1.82) is 0 Å². The normalized spacial score (nSPS) is 17.3. The first-order chi connectivity index (χ1) is 19.4. The van der Waals surface area contributed by atoms with Crippen molar-refractivity contribution < 1.29 is 19.1 Å². The maximum Gasteiger partial charge on any atom is 0.323 e. The third kappa shape index (κ3) is 8.76. The number of esters is 1. The number of nitrogens with zero attached hydrogens (tertiary/aromatic N) is 4. The quantitative estimate of drug-likeness (QED) is 0.176. The number of piperidine rings is 1. The summed E-state index contributed by atoms with van der Waals surface area (Å²) in [5.41, 5.74) is 4.28. The van der Waals surface area contributed by atoms with Crippen LogP contribution in [-0.4, -0.2) is 76.8 Å². The molecule has 0 unspecified atom stereocenters. The molecule has 1 aromatic carbocycles. The first-order valence-electron chi connectivity index (χ1n) is 14.6. The van der Waals surface area contributed by atoms with Crippen LogP contribution in [0.3, 0.4) is 0 Å². The number of rotatable bonds is 12. The SMILES string of the molecule is CC(=O)N1CCC[C@@H](Cn2c(C(/C=C(/C)C=O)=C/N(C)C)nc3cc(CN[C@H](C(=O)OC(C)C)C(C)C)ccc32)C1. The Morgan fingerprint density at radius 1 is 1.20 bits per heavy atom. The molecule has 1 aromatic heterocycles. The molecular weight excluding hydrogens is 518 g/mol. The van der Waals surface area contributed by atoms with E-state index >= 15 is 0 Å². The minimum atomic E-state index is -0.414. The van der Waals surface area contributed by atoms with Crippen LogP contribution in [0.1, 0.15) is 65.8 Å². The van der Waals surface area contributed by atoms with Gasteiger partial charge in [-0.2, -0.15) is 0 Å². The molecule has 2 aromatic rings. The van der Waals surface area contributed by atoms with Crippen molar-refractivity contribution in [3.8, 4) is 0 Å². The Balaban J connectivity index is 2.01. The number of fused-ring (bicyclic) bond motifs is 1. The molecule has 224 valence electrons. The summed E-state index contributed by atoms with van der Waals surface area (Å²) in [6.07, 6.45) is 6.53. The van der Waals surface area contributed by atoms with Gasteiger partial charge in [0.2, 0.25) is 5.91 Å². The van der Waals surface area contributed by atoms with Crippen LogP contribution in [-0.2, 0) is 32.2 Å². The van der Waals surface area contributed by atoms with E-state index in [9.17, 15) is 14.4 Å². The van der Waals surface area contributed by atoms with Gasteiger partial charge in [-0.25, -0.2) is 4.98 Å². The van der Waals surface area contributed by atoms with Gasteiger partial charge in [0.1, 0.15) is 18.2 Å². The predicted octanol–water partition coefficient (Wildman–Crippen LogP) is 4.41. The Morgan fingerprint density at radius 3 is 2.54 bits per heavy atom. The first-order valence-corrected chi connectivity index (χ1v) is 14.6. The molecule has 1 aliphatic heterocycles. The second-order valence-corrected chi connectivity index (χ2v) is 12.0. The Hall–Kier alpha value is -3.46. The molecule has 2 atom stereocenters. The molecule has 0 saturated carbocycles. The molecule has 41 heavy (non-hydrogen) atoms. The van der Waals surface area contributed by atoms with E-state index in [1.54, 1.807) is 13.8 Å². The molecule has 9 heteroatoms. The lowest BCUT2D eigenvalue weighted by atomic mass is 9.97. The number of hydrogen-bond acceptors (Lipinski definition) is 7. The van der Waals surface area contributed by atoms with Crippen molar-refractivity contribution in [2.75, 3.05) is 27.2 Å². The Morgan fingerprint density at radius 2 is 1.93 bits per heavy atom. The van der Waals surface area contributed by atoms with Gasteiger partial charge in [-0.05, 0) is 74.8 Å². The number of benzene rings is 1. The van der Waals surface area contributed by atoms with E-state index < -0.39 is 6.04 Å². The maximum atomic E-state index is 12.6. The molecule has 1 aliphatic rings. The van der Waals surface area contributed by atoms with E-state index in [0.29, 0.717) is 24.6 Å². The minimum absolute atomic E-state index is 0.0763. The highest BCUT2D eigenvalue weighted by molar-refractivity contribution is 5.86. The molecule has 1 fully saturated rings. The molecule has 0 spiro atoms. The van der Waals surface area contributed by atoms with Gasteiger partial charge in [-0.3, -0.25) is 14.4 Å². The first kappa shape index (κ1) is 32.1. The highest BCUT2D eigenvalue weighted by Crippen LogP contribution is 2.28. The molecule has 2 heterocycles. The lowest BCUT2D eigenvalue weighted by Crippen LogP contribution is -2.42. The molecule has 9 nitrogen and oxygen atoms in total. The number of amides is 1. The molecule has 0 radical (unpaired) electrons. The maximum absolute atomic E-state index is 12.6. The second-order valence-electron chi connectivity index (χ2n) is 12.0. The van der Waals surface area contributed by atoms with Gasteiger partial charge in [-0.1, -0.05) is 19.9 Å². The van der Waals surface area contributed by atoms with Crippen molar-refractivity contribution >= 4 is 34.8 Å². The Labute approximate surface area is 244 Å². The summed E-state index contributed by atoms with van der Waals surface area (Å²) in [5, 5.41) is 3.38. The van der Waals surface area contributed by atoms with Crippen LogP contribution in [0.15, 0.2) is 36.0 Å². The highest BCUT2D eigenvalue weighted by Gasteiger charge is 2.26. The van der Waals surface area contributed by atoms with Gasteiger partial charge in [0.15, 0.2) is 0 Å².